The number of carbonyl (C=O) groups excluding carboxylic acids is 1. The molecule has 0 saturated heterocycles. The van der Waals surface area contributed by atoms with E-state index in [2.05, 4.69) is 6.92 Å². The number of hydrogen-bond acceptors (Lipinski definition) is 1. The Labute approximate surface area is 75.9 Å². The van der Waals surface area contributed by atoms with Crippen molar-refractivity contribution in [3.8, 4) is 0 Å². The van der Waals surface area contributed by atoms with Gasteiger partial charge in [-0.2, -0.15) is 0 Å². The van der Waals surface area contributed by atoms with E-state index in [1.165, 1.54) is 6.42 Å². The van der Waals surface area contributed by atoms with Crippen LogP contribution in [0.15, 0.2) is 0 Å². The zero-order chi connectivity index (χ0) is 9.72. The molecule has 0 N–H and O–H groups in total. The van der Waals surface area contributed by atoms with Crippen LogP contribution in [0, 0.1) is 11.8 Å². The molecule has 12 heavy (non-hydrogen) atoms. The van der Waals surface area contributed by atoms with E-state index in [1.54, 1.807) is 4.90 Å². The van der Waals surface area contributed by atoms with Gasteiger partial charge in [0, 0.05) is 20.0 Å². The van der Waals surface area contributed by atoms with Crippen molar-refractivity contribution in [1.82, 2.24) is 4.90 Å². The highest BCUT2D eigenvalue weighted by molar-refractivity contribution is 5.79. The third-order valence-corrected chi connectivity index (χ3v) is 2.38. The molecule has 1 aliphatic rings. The Morgan fingerprint density at radius 2 is 1.75 bits per heavy atom. The second-order valence-electron chi connectivity index (χ2n) is 3.39. The molecule has 1 fully saturated rings. The van der Waals surface area contributed by atoms with Crippen molar-refractivity contribution in [2.75, 3.05) is 14.1 Å². The van der Waals surface area contributed by atoms with Gasteiger partial charge in [-0.15, -0.1) is 0 Å². The van der Waals surface area contributed by atoms with Crippen LogP contribution in [-0.4, -0.2) is 24.9 Å². The minimum atomic E-state index is 0.304. The molecule has 2 atom stereocenters. The first-order chi connectivity index (χ1) is 5.63. The Hall–Kier alpha value is -0.530. The highest BCUT2D eigenvalue weighted by atomic mass is 16.2. The Bertz CT molecular complexity index is 143. The lowest BCUT2D eigenvalue weighted by molar-refractivity contribution is -0.138. The Morgan fingerprint density at radius 3 is 1.83 bits per heavy atom. The van der Waals surface area contributed by atoms with Crippen LogP contribution >= 0.6 is 0 Å². The molecule has 0 aliphatic heterocycles. The van der Waals surface area contributed by atoms with Crippen molar-refractivity contribution in [2.24, 2.45) is 11.8 Å². The van der Waals surface area contributed by atoms with Crippen LogP contribution in [0.4, 0.5) is 0 Å². The minimum absolute atomic E-state index is 0.304. The SMILES string of the molecule is CC.C[C@@H]1CC[C@@H]1C(=O)N(C)C. The van der Waals surface area contributed by atoms with Crippen molar-refractivity contribution in [2.45, 2.75) is 33.6 Å². The van der Waals surface area contributed by atoms with Gasteiger partial charge in [-0.3, -0.25) is 4.79 Å². The molecule has 72 valence electrons. The predicted molar refractivity (Wildman–Crippen MR) is 51.9 cm³/mol. The second-order valence-corrected chi connectivity index (χ2v) is 3.39. The van der Waals surface area contributed by atoms with Crippen LogP contribution in [0.5, 0.6) is 0 Å². The Kier molecular flexibility index (Phi) is 4.95. The predicted octanol–water partition coefficient (Wildman–Crippen LogP) is 2.15. The van der Waals surface area contributed by atoms with Crippen LogP contribution in [-0.2, 0) is 4.79 Å². The average Bonchev–Trinajstić information content (AvgIpc) is 2.05. The summed E-state index contributed by atoms with van der Waals surface area (Å²) in [6.07, 6.45) is 2.32. The normalized spacial score (nSPS) is 26.4. The van der Waals surface area contributed by atoms with Gasteiger partial charge in [-0.25, -0.2) is 0 Å². The van der Waals surface area contributed by atoms with Crippen molar-refractivity contribution in [3.05, 3.63) is 0 Å². The van der Waals surface area contributed by atoms with Gasteiger partial charge in [0.05, 0.1) is 0 Å². The summed E-state index contributed by atoms with van der Waals surface area (Å²) < 4.78 is 0. The van der Waals surface area contributed by atoms with E-state index in [9.17, 15) is 4.79 Å². The number of hydrogen-bond donors (Lipinski definition) is 0. The number of carbonyl (C=O) groups is 1. The summed E-state index contributed by atoms with van der Waals surface area (Å²) in [6.45, 7) is 6.15. The highest BCUT2D eigenvalue weighted by Crippen LogP contribution is 2.34. The van der Waals surface area contributed by atoms with Gasteiger partial charge < -0.3 is 4.90 Å². The first-order valence-corrected chi connectivity index (χ1v) is 4.84. The highest BCUT2D eigenvalue weighted by Gasteiger charge is 2.33. The third kappa shape index (κ3) is 2.50. The van der Waals surface area contributed by atoms with Crippen LogP contribution in [0.2, 0.25) is 0 Å². The molecular formula is C10H21NO. The van der Waals surface area contributed by atoms with Crippen LogP contribution in [0.25, 0.3) is 0 Å². The molecule has 0 unspecified atom stereocenters. The Balaban J connectivity index is 0.000000561. The van der Waals surface area contributed by atoms with E-state index in [0.717, 1.165) is 6.42 Å². The monoisotopic (exact) mass is 171 g/mol. The van der Waals surface area contributed by atoms with E-state index in [1.807, 2.05) is 27.9 Å². The largest absolute Gasteiger partial charge is 0.349 e. The second kappa shape index (κ2) is 5.18. The number of rotatable bonds is 1. The van der Waals surface area contributed by atoms with Crippen molar-refractivity contribution in [3.63, 3.8) is 0 Å². The molecule has 2 heteroatoms. The van der Waals surface area contributed by atoms with E-state index in [0.29, 0.717) is 17.7 Å². The van der Waals surface area contributed by atoms with Gasteiger partial charge in [-0.05, 0) is 18.8 Å². The van der Waals surface area contributed by atoms with Gasteiger partial charge in [0.1, 0.15) is 0 Å². The lowest BCUT2D eigenvalue weighted by Gasteiger charge is -2.34. The van der Waals surface area contributed by atoms with E-state index in [4.69, 9.17) is 0 Å². The standard InChI is InChI=1S/C8H15NO.C2H6/c1-6-4-5-7(6)8(10)9(2)3;1-2/h6-7H,4-5H2,1-3H3;1-2H3/t6-,7+;/m1./s1. The van der Waals surface area contributed by atoms with Crippen molar-refractivity contribution >= 4 is 5.91 Å². The summed E-state index contributed by atoms with van der Waals surface area (Å²) in [6, 6.07) is 0. The minimum Gasteiger partial charge on any atom is -0.349 e. The van der Waals surface area contributed by atoms with Gasteiger partial charge in [-0.1, -0.05) is 20.8 Å². The molecule has 0 radical (unpaired) electrons. The fraction of sp³-hybridized carbons (Fsp3) is 0.900. The van der Waals surface area contributed by atoms with Crippen molar-refractivity contribution in [1.29, 1.82) is 0 Å². The molecule has 0 aromatic heterocycles. The van der Waals surface area contributed by atoms with Gasteiger partial charge in [0.2, 0.25) is 5.91 Å². The van der Waals surface area contributed by atoms with E-state index in [-0.39, 0.29) is 0 Å². The van der Waals surface area contributed by atoms with Gasteiger partial charge in [0.15, 0.2) is 0 Å². The zero-order valence-corrected chi connectivity index (χ0v) is 8.92. The summed E-state index contributed by atoms with van der Waals surface area (Å²) in [7, 11) is 3.65. The molecule has 0 heterocycles. The average molecular weight is 171 g/mol. The summed E-state index contributed by atoms with van der Waals surface area (Å²) in [5.41, 5.74) is 0. The smallest absolute Gasteiger partial charge is 0.225 e. The first kappa shape index (κ1) is 11.5. The molecule has 1 saturated carbocycles. The van der Waals surface area contributed by atoms with Crippen LogP contribution < -0.4 is 0 Å². The number of nitrogens with zero attached hydrogens (tertiary/aromatic N) is 1. The topological polar surface area (TPSA) is 20.3 Å². The number of amides is 1. The van der Waals surface area contributed by atoms with Crippen molar-refractivity contribution < 1.29 is 4.79 Å². The molecule has 1 aliphatic carbocycles. The summed E-state index contributed by atoms with van der Waals surface area (Å²) >= 11 is 0. The molecular weight excluding hydrogens is 150 g/mol. The fourth-order valence-corrected chi connectivity index (χ4v) is 1.37. The third-order valence-electron chi connectivity index (χ3n) is 2.38. The fourth-order valence-electron chi connectivity index (χ4n) is 1.37. The van der Waals surface area contributed by atoms with Gasteiger partial charge >= 0.3 is 0 Å². The maximum atomic E-state index is 11.3. The summed E-state index contributed by atoms with van der Waals surface area (Å²) in [4.78, 5) is 13.0. The summed E-state index contributed by atoms with van der Waals surface area (Å²) in [5.74, 6) is 1.25. The molecule has 2 nitrogen and oxygen atoms in total. The Morgan fingerprint density at radius 1 is 1.25 bits per heavy atom. The molecule has 1 amide bonds. The molecule has 0 aromatic rings. The van der Waals surface area contributed by atoms with Gasteiger partial charge in [0.25, 0.3) is 0 Å². The maximum absolute atomic E-state index is 11.3. The first-order valence-electron chi connectivity index (χ1n) is 4.84. The quantitative estimate of drug-likeness (QED) is 0.592. The molecule has 1 rings (SSSR count). The summed E-state index contributed by atoms with van der Waals surface area (Å²) in [5, 5.41) is 0. The van der Waals surface area contributed by atoms with E-state index < -0.39 is 0 Å². The van der Waals surface area contributed by atoms with Crippen LogP contribution in [0.1, 0.15) is 33.6 Å². The molecule has 0 aromatic carbocycles. The molecule has 0 spiro atoms. The maximum Gasteiger partial charge on any atom is 0.225 e. The van der Waals surface area contributed by atoms with E-state index >= 15 is 0 Å². The molecule has 0 bridgehead atoms. The lowest BCUT2D eigenvalue weighted by Crippen LogP contribution is -2.38. The zero-order valence-electron chi connectivity index (χ0n) is 8.92. The lowest BCUT2D eigenvalue weighted by atomic mass is 9.74. The van der Waals surface area contributed by atoms with Crippen LogP contribution in [0.3, 0.4) is 0 Å².